The second kappa shape index (κ2) is 7.47. The molecule has 10 heteroatoms. The molecule has 1 aliphatic carbocycles. The molecule has 0 saturated carbocycles. The highest BCUT2D eigenvalue weighted by Gasteiger charge is 2.45. The lowest BCUT2D eigenvalue weighted by molar-refractivity contribution is -0.143. The molecule has 1 N–H and O–H groups in total. The molecule has 3 unspecified atom stereocenters. The summed E-state index contributed by atoms with van der Waals surface area (Å²) in [5.74, 6) is 0. The van der Waals surface area contributed by atoms with Crippen LogP contribution in [0.1, 0.15) is 35.2 Å². The number of rotatable bonds is 1. The van der Waals surface area contributed by atoms with E-state index in [-0.39, 0.29) is 50.8 Å². The first-order chi connectivity index (χ1) is 12.9. The maximum absolute atomic E-state index is 13.1. The summed E-state index contributed by atoms with van der Waals surface area (Å²) in [6.07, 6.45) is -9.16. The molecule has 0 amide bonds. The van der Waals surface area contributed by atoms with Crippen molar-refractivity contribution in [3.8, 4) is 11.1 Å². The number of hydrogen-bond donors (Lipinski definition) is 1. The van der Waals surface area contributed by atoms with E-state index in [9.17, 15) is 31.5 Å². The summed E-state index contributed by atoms with van der Waals surface area (Å²) in [7, 11) is 0. The van der Waals surface area contributed by atoms with E-state index in [1.165, 1.54) is 11.1 Å². The van der Waals surface area contributed by atoms with Crippen LogP contribution in [0, 0.1) is 0 Å². The minimum Gasteiger partial charge on any atom is -0.312 e. The highest BCUT2D eigenvalue weighted by molar-refractivity contribution is 8.93. The SMILES string of the molecule is Br.CC1SC2Cc3cc(-c4cc(C(F)(F)F)cc(C(F)(F)F)c4)ccc3C2N1O. The molecule has 1 heterocycles. The van der Waals surface area contributed by atoms with Gasteiger partial charge in [-0.05, 0) is 53.8 Å². The van der Waals surface area contributed by atoms with Crippen LogP contribution in [0.15, 0.2) is 36.4 Å². The Morgan fingerprint density at radius 3 is 2.07 bits per heavy atom. The van der Waals surface area contributed by atoms with Crippen molar-refractivity contribution < 1.29 is 31.5 Å². The van der Waals surface area contributed by atoms with Crippen molar-refractivity contribution in [1.82, 2.24) is 5.06 Å². The molecule has 0 bridgehead atoms. The third-order valence-corrected chi connectivity index (χ3v) is 6.57. The molecule has 2 aromatic carbocycles. The first-order valence-electron chi connectivity index (χ1n) is 8.50. The maximum Gasteiger partial charge on any atom is 0.416 e. The van der Waals surface area contributed by atoms with Crippen LogP contribution in [0.4, 0.5) is 26.3 Å². The molecular formula is C19H16BrF6NOS. The van der Waals surface area contributed by atoms with Gasteiger partial charge in [0.25, 0.3) is 0 Å². The van der Waals surface area contributed by atoms with Gasteiger partial charge in [-0.1, -0.05) is 18.2 Å². The smallest absolute Gasteiger partial charge is 0.312 e. The molecule has 3 atom stereocenters. The van der Waals surface area contributed by atoms with E-state index >= 15 is 0 Å². The fraction of sp³-hybridized carbons (Fsp3) is 0.368. The lowest BCUT2D eigenvalue weighted by atomic mass is 9.96. The first-order valence-corrected chi connectivity index (χ1v) is 9.45. The van der Waals surface area contributed by atoms with Gasteiger partial charge in [0, 0.05) is 5.25 Å². The van der Waals surface area contributed by atoms with Crippen molar-refractivity contribution >= 4 is 28.7 Å². The number of hydroxylamine groups is 2. The second-order valence-corrected chi connectivity index (χ2v) is 8.57. The summed E-state index contributed by atoms with van der Waals surface area (Å²) in [6, 6.07) is 6.22. The average Bonchev–Trinajstić information content (AvgIpc) is 3.08. The van der Waals surface area contributed by atoms with Gasteiger partial charge >= 0.3 is 12.4 Å². The number of nitrogens with zero attached hydrogens (tertiary/aromatic N) is 1. The van der Waals surface area contributed by atoms with Gasteiger partial charge in [0.1, 0.15) is 0 Å². The van der Waals surface area contributed by atoms with Crippen molar-refractivity contribution in [2.45, 2.75) is 42.4 Å². The standard InChI is InChI=1S/C19H15F6NOS.BrH/c1-9-26(27)17-15-3-2-10(4-12(15)7-16(17)28-9)11-5-13(18(20,21)22)8-14(6-11)19(23,24)25;/h2-6,8-9,16-17,27H,7H2,1H3;1H. The van der Waals surface area contributed by atoms with E-state index in [1.54, 1.807) is 23.9 Å². The molecule has 1 fully saturated rings. The number of thioether (sulfide) groups is 1. The number of hydrogen-bond acceptors (Lipinski definition) is 3. The minimum atomic E-state index is -4.88. The Hall–Kier alpha value is -1.23. The molecule has 2 aliphatic rings. The van der Waals surface area contributed by atoms with E-state index in [0.29, 0.717) is 6.42 Å². The molecule has 29 heavy (non-hydrogen) atoms. The Morgan fingerprint density at radius 2 is 1.52 bits per heavy atom. The van der Waals surface area contributed by atoms with Gasteiger partial charge in [-0.25, -0.2) is 0 Å². The van der Waals surface area contributed by atoms with Gasteiger partial charge in [-0.15, -0.1) is 28.7 Å². The van der Waals surface area contributed by atoms with Crippen LogP contribution in [0.2, 0.25) is 0 Å². The molecule has 158 valence electrons. The summed E-state index contributed by atoms with van der Waals surface area (Å²) < 4.78 is 78.6. The quantitative estimate of drug-likeness (QED) is 0.440. The Morgan fingerprint density at radius 1 is 0.931 bits per heavy atom. The van der Waals surface area contributed by atoms with Crippen molar-refractivity contribution in [2.75, 3.05) is 0 Å². The topological polar surface area (TPSA) is 23.5 Å². The fourth-order valence-corrected chi connectivity index (χ4v) is 5.34. The number of fused-ring (bicyclic) bond motifs is 3. The minimum absolute atomic E-state index is 0. The Labute approximate surface area is 177 Å². The third kappa shape index (κ3) is 4.04. The summed E-state index contributed by atoms with van der Waals surface area (Å²) in [6.45, 7) is 1.87. The van der Waals surface area contributed by atoms with Crippen LogP contribution in [0.25, 0.3) is 11.1 Å². The van der Waals surface area contributed by atoms with Gasteiger partial charge in [-0.2, -0.15) is 31.4 Å². The van der Waals surface area contributed by atoms with E-state index in [4.69, 9.17) is 0 Å². The summed E-state index contributed by atoms with van der Waals surface area (Å²) in [5, 5.41) is 11.5. The van der Waals surface area contributed by atoms with Gasteiger partial charge in [0.05, 0.1) is 22.5 Å². The number of benzene rings is 2. The molecule has 0 spiro atoms. The van der Waals surface area contributed by atoms with Crippen LogP contribution >= 0.6 is 28.7 Å². The van der Waals surface area contributed by atoms with E-state index in [1.807, 2.05) is 6.92 Å². The maximum atomic E-state index is 13.1. The molecule has 2 nitrogen and oxygen atoms in total. The predicted molar refractivity (Wildman–Crippen MR) is 103 cm³/mol. The number of alkyl halides is 6. The Kier molecular flexibility index (Phi) is 5.79. The monoisotopic (exact) mass is 499 g/mol. The summed E-state index contributed by atoms with van der Waals surface area (Å²) >= 11 is 1.59. The summed E-state index contributed by atoms with van der Waals surface area (Å²) in [5.41, 5.74) is -0.823. The molecule has 1 saturated heterocycles. The molecular weight excluding hydrogens is 484 g/mol. The Balaban J connectivity index is 0.00000240. The van der Waals surface area contributed by atoms with Crippen LogP contribution in [-0.2, 0) is 18.8 Å². The van der Waals surface area contributed by atoms with E-state index in [0.717, 1.165) is 23.3 Å². The van der Waals surface area contributed by atoms with Crippen molar-refractivity contribution in [3.63, 3.8) is 0 Å². The Bertz CT molecular complexity index is 900. The molecule has 1 aliphatic heterocycles. The predicted octanol–water partition coefficient (Wildman–Crippen LogP) is 6.72. The van der Waals surface area contributed by atoms with Crippen molar-refractivity contribution in [3.05, 3.63) is 58.7 Å². The number of halogens is 7. The van der Waals surface area contributed by atoms with Gasteiger partial charge in [-0.3, -0.25) is 0 Å². The zero-order valence-electron chi connectivity index (χ0n) is 14.9. The van der Waals surface area contributed by atoms with Gasteiger partial charge < -0.3 is 5.21 Å². The lowest BCUT2D eigenvalue weighted by Crippen LogP contribution is -2.25. The average molecular weight is 500 g/mol. The van der Waals surface area contributed by atoms with Crippen molar-refractivity contribution in [2.24, 2.45) is 0 Å². The van der Waals surface area contributed by atoms with Crippen LogP contribution in [0.3, 0.4) is 0 Å². The van der Waals surface area contributed by atoms with Crippen LogP contribution in [-0.4, -0.2) is 20.9 Å². The zero-order valence-corrected chi connectivity index (χ0v) is 17.4. The fourth-order valence-electron chi connectivity index (χ4n) is 3.88. The van der Waals surface area contributed by atoms with Gasteiger partial charge in [0.15, 0.2) is 0 Å². The lowest BCUT2D eigenvalue weighted by Gasteiger charge is -2.20. The molecule has 0 aromatic heterocycles. The van der Waals surface area contributed by atoms with E-state index < -0.39 is 23.5 Å². The molecule has 0 radical (unpaired) electrons. The highest BCUT2D eigenvalue weighted by Crippen LogP contribution is 2.51. The van der Waals surface area contributed by atoms with Gasteiger partial charge in [0.2, 0.25) is 0 Å². The largest absolute Gasteiger partial charge is 0.416 e. The second-order valence-electron chi connectivity index (χ2n) is 7.01. The molecule has 2 aromatic rings. The van der Waals surface area contributed by atoms with Crippen LogP contribution in [0.5, 0.6) is 0 Å². The van der Waals surface area contributed by atoms with E-state index in [2.05, 4.69) is 0 Å². The normalized spacial score (nSPS) is 24.2. The molecule has 4 rings (SSSR count). The zero-order chi connectivity index (χ0) is 20.4. The van der Waals surface area contributed by atoms with Crippen LogP contribution < -0.4 is 0 Å². The van der Waals surface area contributed by atoms with Crippen molar-refractivity contribution in [1.29, 1.82) is 0 Å². The first kappa shape index (κ1) is 22.5. The third-order valence-electron chi connectivity index (χ3n) is 5.19. The summed E-state index contributed by atoms with van der Waals surface area (Å²) in [4.78, 5) is 0. The highest BCUT2D eigenvalue weighted by atomic mass is 79.9.